The Balaban J connectivity index is 2.31. The predicted octanol–water partition coefficient (Wildman–Crippen LogP) is 5.28. The second kappa shape index (κ2) is 6.55. The maximum atomic E-state index is 2.47. The lowest BCUT2D eigenvalue weighted by Gasteiger charge is -2.16. The van der Waals surface area contributed by atoms with Gasteiger partial charge in [-0.15, -0.1) is 0 Å². The van der Waals surface area contributed by atoms with Crippen LogP contribution < -0.4 is 0 Å². The minimum Gasteiger partial charge on any atom is -0.0654 e. The highest BCUT2D eigenvalue weighted by Gasteiger charge is 2.48. The monoisotopic (exact) mass is 210 g/mol. The van der Waals surface area contributed by atoms with Crippen LogP contribution in [0.25, 0.3) is 0 Å². The van der Waals surface area contributed by atoms with Crippen molar-refractivity contribution in [2.75, 3.05) is 0 Å². The molecule has 0 radical (unpaired) electrons. The van der Waals surface area contributed by atoms with Crippen molar-refractivity contribution in [3.63, 3.8) is 0 Å². The summed E-state index contributed by atoms with van der Waals surface area (Å²) in [6, 6.07) is 0. The second-order valence-electron chi connectivity index (χ2n) is 5.55. The van der Waals surface area contributed by atoms with E-state index in [0.717, 1.165) is 23.7 Å². The molecule has 0 heterocycles. The molecular weight excluding hydrogens is 180 g/mol. The average molecular weight is 210 g/mol. The van der Waals surface area contributed by atoms with Crippen LogP contribution in [0, 0.1) is 23.7 Å². The van der Waals surface area contributed by atoms with Crippen LogP contribution in [-0.2, 0) is 0 Å². The Hall–Kier alpha value is 0. The van der Waals surface area contributed by atoms with Gasteiger partial charge in [0, 0.05) is 0 Å². The fraction of sp³-hybridized carbons (Fsp3) is 1.00. The highest BCUT2D eigenvalue weighted by atomic mass is 14.5. The van der Waals surface area contributed by atoms with Crippen LogP contribution in [0.5, 0.6) is 0 Å². The lowest BCUT2D eigenvalue weighted by molar-refractivity contribution is 0.352. The van der Waals surface area contributed by atoms with E-state index in [4.69, 9.17) is 0 Å². The van der Waals surface area contributed by atoms with Gasteiger partial charge in [-0.3, -0.25) is 0 Å². The first-order chi connectivity index (χ1) is 7.26. The molecule has 1 fully saturated rings. The van der Waals surface area contributed by atoms with Gasteiger partial charge in [0.1, 0.15) is 0 Å². The lowest BCUT2D eigenvalue weighted by Crippen LogP contribution is -2.05. The molecule has 90 valence electrons. The fourth-order valence-corrected chi connectivity index (χ4v) is 3.56. The molecule has 0 amide bonds. The molecule has 0 aromatic carbocycles. The van der Waals surface area contributed by atoms with Crippen LogP contribution >= 0.6 is 0 Å². The van der Waals surface area contributed by atoms with Gasteiger partial charge in [0.25, 0.3) is 0 Å². The number of unbranched alkanes of at least 4 members (excludes halogenated alkanes) is 2. The van der Waals surface area contributed by atoms with Gasteiger partial charge in [-0.25, -0.2) is 0 Å². The zero-order valence-electron chi connectivity index (χ0n) is 11.3. The summed E-state index contributed by atoms with van der Waals surface area (Å²) in [6.07, 6.45) is 10.1. The van der Waals surface area contributed by atoms with E-state index >= 15 is 0 Å². The Labute approximate surface area is 96.8 Å². The first-order valence-electron chi connectivity index (χ1n) is 7.26. The van der Waals surface area contributed by atoms with E-state index in [-0.39, 0.29) is 0 Å². The number of hydrogen-bond acceptors (Lipinski definition) is 0. The molecule has 0 saturated heterocycles. The predicted molar refractivity (Wildman–Crippen MR) is 69.0 cm³/mol. The average Bonchev–Trinajstić information content (AvgIpc) is 2.88. The molecule has 1 aliphatic rings. The van der Waals surface area contributed by atoms with Crippen LogP contribution in [0.15, 0.2) is 0 Å². The maximum absolute atomic E-state index is 2.47. The molecule has 1 saturated carbocycles. The van der Waals surface area contributed by atoms with Crippen molar-refractivity contribution in [2.24, 2.45) is 23.7 Å². The van der Waals surface area contributed by atoms with Gasteiger partial charge >= 0.3 is 0 Å². The summed E-state index contributed by atoms with van der Waals surface area (Å²) in [5.41, 5.74) is 0. The Morgan fingerprint density at radius 1 is 0.933 bits per heavy atom. The van der Waals surface area contributed by atoms with Crippen LogP contribution in [0.4, 0.5) is 0 Å². The molecule has 0 bridgehead atoms. The molecule has 0 aromatic heterocycles. The van der Waals surface area contributed by atoms with E-state index in [1.165, 1.54) is 44.9 Å². The Bertz CT molecular complexity index is 161. The summed E-state index contributed by atoms with van der Waals surface area (Å²) in [5, 5.41) is 0. The Kier molecular flexibility index (Phi) is 5.71. The van der Waals surface area contributed by atoms with Crippen molar-refractivity contribution >= 4 is 0 Å². The van der Waals surface area contributed by atoms with Gasteiger partial charge in [0.05, 0.1) is 0 Å². The molecule has 1 rings (SSSR count). The zero-order chi connectivity index (χ0) is 11.3. The SMILES string of the molecule is CCCCCC(CCC)C1C(C)C1CC. The Morgan fingerprint density at radius 2 is 1.67 bits per heavy atom. The van der Waals surface area contributed by atoms with Gasteiger partial charge in [0.15, 0.2) is 0 Å². The first kappa shape index (κ1) is 13.1. The standard InChI is InChI=1S/C15H30/c1-5-8-9-11-13(10-6-2)15-12(4)14(15)7-3/h12-15H,5-11H2,1-4H3. The third-order valence-electron chi connectivity index (χ3n) is 4.49. The molecular formula is C15H30. The van der Waals surface area contributed by atoms with Crippen molar-refractivity contribution in [1.29, 1.82) is 0 Å². The van der Waals surface area contributed by atoms with Crippen LogP contribution in [0.1, 0.15) is 72.6 Å². The van der Waals surface area contributed by atoms with Crippen molar-refractivity contribution in [3.8, 4) is 0 Å². The lowest BCUT2D eigenvalue weighted by atomic mass is 9.90. The van der Waals surface area contributed by atoms with Crippen molar-refractivity contribution < 1.29 is 0 Å². The van der Waals surface area contributed by atoms with Crippen LogP contribution in [0.3, 0.4) is 0 Å². The fourth-order valence-electron chi connectivity index (χ4n) is 3.56. The van der Waals surface area contributed by atoms with Crippen molar-refractivity contribution in [1.82, 2.24) is 0 Å². The summed E-state index contributed by atoms with van der Waals surface area (Å²) in [5.74, 6) is 4.25. The number of rotatable bonds is 8. The molecule has 0 aromatic rings. The smallest absolute Gasteiger partial charge is 0.0326 e. The van der Waals surface area contributed by atoms with Crippen molar-refractivity contribution in [2.45, 2.75) is 72.6 Å². The minimum absolute atomic E-state index is 1.04. The molecule has 4 atom stereocenters. The van der Waals surface area contributed by atoms with E-state index in [1.54, 1.807) is 0 Å². The van der Waals surface area contributed by atoms with Gasteiger partial charge in [0.2, 0.25) is 0 Å². The third kappa shape index (κ3) is 3.50. The van der Waals surface area contributed by atoms with Crippen LogP contribution in [-0.4, -0.2) is 0 Å². The molecule has 15 heavy (non-hydrogen) atoms. The maximum Gasteiger partial charge on any atom is -0.0326 e. The third-order valence-corrected chi connectivity index (χ3v) is 4.49. The molecule has 4 unspecified atom stereocenters. The Morgan fingerprint density at radius 3 is 2.13 bits per heavy atom. The highest BCUT2D eigenvalue weighted by Crippen LogP contribution is 2.54. The first-order valence-corrected chi connectivity index (χ1v) is 7.26. The quantitative estimate of drug-likeness (QED) is 0.478. The summed E-state index contributed by atoms with van der Waals surface area (Å²) in [6.45, 7) is 9.50. The van der Waals surface area contributed by atoms with E-state index in [2.05, 4.69) is 27.7 Å². The molecule has 0 nitrogen and oxygen atoms in total. The van der Waals surface area contributed by atoms with Gasteiger partial charge in [-0.05, 0) is 23.7 Å². The highest BCUT2D eigenvalue weighted by molar-refractivity contribution is 4.96. The molecule has 0 heteroatoms. The second-order valence-corrected chi connectivity index (χ2v) is 5.55. The minimum atomic E-state index is 1.04. The zero-order valence-corrected chi connectivity index (χ0v) is 11.3. The molecule has 0 spiro atoms. The van der Waals surface area contributed by atoms with Gasteiger partial charge in [-0.2, -0.15) is 0 Å². The normalized spacial score (nSPS) is 31.6. The molecule has 0 aliphatic heterocycles. The van der Waals surface area contributed by atoms with E-state index < -0.39 is 0 Å². The summed E-state index contributed by atoms with van der Waals surface area (Å²) in [7, 11) is 0. The van der Waals surface area contributed by atoms with E-state index in [0.29, 0.717) is 0 Å². The number of hydrogen-bond donors (Lipinski definition) is 0. The molecule has 0 N–H and O–H groups in total. The van der Waals surface area contributed by atoms with Crippen molar-refractivity contribution in [3.05, 3.63) is 0 Å². The largest absolute Gasteiger partial charge is 0.0654 e. The topological polar surface area (TPSA) is 0 Å². The van der Waals surface area contributed by atoms with Crippen LogP contribution in [0.2, 0.25) is 0 Å². The van der Waals surface area contributed by atoms with Gasteiger partial charge in [-0.1, -0.05) is 72.6 Å². The summed E-state index contributed by atoms with van der Waals surface area (Å²) >= 11 is 0. The van der Waals surface area contributed by atoms with Gasteiger partial charge < -0.3 is 0 Å². The van der Waals surface area contributed by atoms with E-state index in [9.17, 15) is 0 Å². The summed E-state index contributed by atoms with van der Waals surface area (Å²) < 4.78 is 0. The van der Waals surface area contributed by atoms with E-state index in [1.807, 2.05) is 0 Å². The summed E-state index contributed by atoms with van der Waals surface area (Å²) in [4.78, 5) is 0. The molecule has 1 aliphatic carbocycles.